The fourth-order valence-corrected chi connectivity index (χ4v) is 3.21. The van der Waals surface area contributed by atoms with Crippen LogP contribution in [0.15, 0.2) is 33.8 Å². The predicted molar refractivity (Wildman–Crippen MR) is 113 cm³/mol. The summed E-state index contributed by atoms with van der Waals surface area (Å²) in [5.41, 5.74) is 1.99. The lowest BCUT2D eigenvalue weighted by atomic mass is 10.1. The Labute approximate surface area is 175 Å². The van der Waals surface area contributed by atoms with Crippen LogP contribution in [0, 0.1) is 5.82 Å². The molecule has 0 saturated heterocycles. The van der Waals surface area contributed by atoms with Crippen molar-refractivity contribution < 1.29 is 17.3 Å². The minimum absolute atomic E-state index is 0. The maximum Gasteiger partial charge on any atom is 0.191 e. The highest BCUT2D eigenvalue weighted by atomic mass is 127. The van der Waals surface area contributed by atoms with Crippen molar-refractivity contribution in [3.05, 3.63) is 52.7 Å². The van der Waals surface area contributed by atoms with E-state index in [2.05, 4.69) is 20.8 Å². The smallest absolute Gasteiger partial charge is 0.191 e. The van der Waals surface area contributed by atoms with E-state index in [4.69, 9.17) is 4.52 Å². The molecule has 0 atom stereocenters. The van der Waals surface area contributed by atoms with Crippen molar-refractivity contribution in [2.45, 2.75) is 32.2 Å². The fourth-order valence-electron chi connectivity index (χ4n) is 2.36. The summed E-state index contributed by atoms with van der Waals surface area (Å²) in [7, 11) is -1.61. The van der Waals surface area contributed by atoms with Crippen LogP contribution in [0.4, 0.5) is 4.39 Å². The normalized spacial score (nSPS) is 11.8. The molecule has 0 fully saturated rings. The Hall–Kier alpha value is -1.69. The number of halogens is 2. The van der Waals surface area contributed by atoms with Crippen molar-refractivity contribution in [2.75, 3.05) is 13.3 Å². The van der Waals surface area contributed by atoms with Gasteiger partial charge in [-0.25, -0.2) is 12.8 Å². The quantitative estimate of drug-likeness (QED) is 0.338. The number of hydrogen-bond acceptors (Lipinski definition) is 5. The Morgan fingerprint density at radius 2 is 1.93 bits per heavy atom. The molecule has 0 aliphatic rings. The number of hydrogen-bond donors (Lipinski definition) is 2. The Bertz CT molecular complexity index is 884. The third kappa shape index (κ3) is 7.83. The second-order valence-corrected chi connectivity index (χ2v) is 8.04. The highest BCUT2D eigenvalue weighted by Gasteiger charge is 2.11. The molecule has 0 aliphatic heterocycles. The van der Waals surface area contributed by atoms with Crippen LogP contribution in [-0.2, 0) is 35.1 Å². The molecule has 0 aliphatic carbocycles. The summed E-state index contributed by atoms with van der Waals surface area (Å²) in [6, 6.07) is 5.93. The van der Waals surface area contributed by atoms with Crippen LogP contribution in [0.3, 0.4) is 0 Å². The third-order valence-corrected chi connectivity index (χ3v) is 4.49. The van der Waals surface area contributed by atoms with Gasteiger partial charge >= 0.3 is 0 Å². The second-order valence-electron chi connectivity index (χ2n) is 5.90. The predicted octanol–water partition coefficient (Wildman–Crippen LogP) is 2.40. The lowest BCUT2D eigenvalue weighted by molar-refractivity contribution is 0.374. The van der Waals surface area contributed by atoms with Gasteiger partial charge in [0, 0.05) is 25.9 Å². The minimum Gasteiger partial charge on any atom is -0.359 e. The number of nitrogens with one attached hydrogen (secondary N) is 2. The van der Waals surface area contributed by atoms with Crippen LogP contribution in [0.1, 0.15) is 29.5 Å². The summed E-state index contributed by atoms with van der Waals surface area (Å²) in [6.45, 7) is 2.62. The van der Waals surface area contributed by atoms with Crippen molar-refractivity contribution in [2.24, 2.45) is 4.99 Å². The number of sulfone groups is 1. The lowest BCUT2D eigenvalue weighted by Gasteiger charge is -2.13. The van der Waals surface area contributed by atoms with Crippen molar-refractivity contribution >= 4 is 39.8 Å². The van der Waals surface area contributed by atoms with Gasteiger partial charge in [0.2, 0.25) is 0 Å². The van der Waals surface area contributed by atoms with Gasteiger partial charge in [-0.3, -0.25) is 4.99 Å². The second kappa shape index (κ2) is 10.6. The Kier molecular flexibility index (Phi) is 9.16. The minimum atomic E-state index is -3.22. The lowest BCUT2D eigenvalue weighted by Crippen LogP contribution is -2.36. The molecule has 2 rings (SSSR count). The maximum atomic E-state index is 13.5. The van der Waals surface area contributed by atoms with E-state index in [-0.39, 0.29) is 36.3 Å². The van der Waals surface area contributed by atoms with Gasteiger partial charge in [0.25, 0.3) is 0 Å². The summed E-state index contributed by atoms with van der Waals surface area (Å²) in [4.78, 5) is 4.09. The summed E-state index contributed by atoms with van der Waals surface area (Å²) in [5, 5.41) is 10.0. The highest BCUT2D eigenvalue weighted by Crippen LogP contribution is 2.14. The van der Waals surface area contributed by atoms with Crippen LogP contribution in [0.25, 0.3) is 0 Å². The van der Waals surface area contributed by atoms with E-state index in [1.807, 2.05) is 13.0 Å². The van der Waals surface area contributed by atoms with Crippen LogP contribution in [0.5, 0.6) is 0 Å². The molecule has 0 radical (unpaired) electrons. The number of nitrogens with zero attached hydrogens (tertiary/aromatic N) is 2. The van der Waals surface area contributed by atoms with Gasteiger partial charge < -0.3 is 15.2 Å². The van der Waals surface area contributed by atoms with Gasteiger partial charge in [-0.15, -0.1) is 24.0 Å². The van der Waals surface area contributed by atoms with Gasteiger partial charge in [-0.2, -0.15) is 0 Å². The topological polar surface area (TPSA) is 96.6 Å². The molecule has 0 bridgehead atoms. The molecule has 1 aromatic carbocycles. The van der Waals surface area contributed by atoms with Crippen LogP contribution >= 0.6 is 24.0 Å². The highest BCUT2D eigenvalue weighted by molar-refractivity contribution is 14.0. The van der Waals surface area contributed by atoms with Crippen LogP contribution in [-0.4, -0.2) is 32.8 Å². The zero-order valence-corrected chi connectivity index (χ0v) is 18.6. The SMILES string of the molecule is CCc1cc(CNC(=NC)NCc2cc(F)ccc2CS(C)(=O)=O)on1.I. The summed E-state index contributed by atoms with van der Waals surface area (Å²) in [5.74, 6) is 0.590. The average molecular weight is 510 g/mol. The average Bonchev–Trinajstić information content (AvgIpc) is 3.04. The largest absolute Gasteiger partial charge is 0.359 e. The van der Waals surface area contributed by atoms with Gasteiger partial charge in [0.1, 0.15) is 5.82 Å². The van der Waals surface area contributed by atoms with Gasteiger partial charge in [0.15, 0.2) is 21.6 Å². The molecule has 1 heterocycles. The Balaban J connectivity index is 0.00000364. The molecule has 7 nitrogen and oxygen atoms in total. The van der Waals surface area contributed by atoms with Crippen molar-refractivity contribution in [3.8, 4) is 0 Å². The number of rotatable bonds is 7. The van der Waals surface area contributed by atoms with E-state index in [0.717, 1.165) is 18.4 Å². The fraction of sp³-hybridized carbons (Fsp3) is 0.412. The molecule has 10 heteroatoms. The Morgan fingerprint density at radius 3 is 2.52 bits per heavy atom. The third-order valence-electron chi connectivity index (χ3n) is 3.66. The number of benzene rings is 1. The standard InChI is InChI=1S/C17H23FN4O3S.HI/c1-4-15-8-16(25-22-15)10-21-17(19-2)20-9-13-7-14(18)6-5-12(13)11-26(3,23)24;/h5-8H,4,9-11H2,1-3H3,(H2,19,20,21);1H. The molecule has 0 unspecified atom stereocenters. The molecule has 1 aromatic heterocycles. The first-order valence-corrected chi connectivity index (χ1v) is 10.2. The van der Waals surface area contributed by atoms with E-state index in [1.165, 1.54) is 18.2 Å². The zero-order valence-electron chi connectivity index (χ0n) is 15.5. The molecule has 0 amide bonds. The first-order valence-electron chi connectivity index (χ1n) is 8.14. The molecule has 27 heavy (non-hydrogen) atoms. The molecular formula is C17H24FIN4O3S. The molecule has 2 aromatic rings. The first kappa shape index (κ1) is 23.3. The van der Waals surface area contributed by atoms with E-state index in [0.29, 0.717) is 29.4 Å². The molecule has 2 N–H and O–H groups in total. The van der Waals surface area contributed by atoms with Gasteiger partial charge in [-0.1, -0.05) is 18.1 Å². The number of guanidine groups is 1. The van der Waals surface area contributed by atoms with E-state index >= 15 is 0 Å². The molecule has 150 valence electrons. The van der Waals surface area contributed by atoms with Crippen LogP contribution in [0.2, 0.25) is 0 Å². The molecular weight excluding hydrogens is 486 g/mol. The first-order chi connectivity index (χ1) is 12.3. The number of aliphatic imine (C=N–C) groups is 1. The van der Waals surface area contributed by atoms with Crippen molar-refractivity contribution in [1.29, 1.82) is 0 Å². The monoisotopic (exact) mass is 510 g/mol. The van der Waals surface area contributed by atoms with E-state index in [1.54, 1.807) is 7.05 Å². The van der Waals surface area contributed by atoms with Crippen molar-refractivity contribution in [3.63, 3.8) is 0 Å². The maximum absolute atomic E-state index is 13.5. The summed E-state index contributed by atoms with van der Waals surface area (Å²) >= 11 is 0. The van der Waals surface area contributed by atoms with Gasteiger partial charge in [-0.05, 0) is 29.7 Å². The number of aryl methyl sites for hydroxylation is 1. The van der Waals surface area contributed by atoms with E-state index in [9.17, 15) is 12.8 Å². The molecule has 0 spiro atoms. The Morgan fingerprint density at radius 1 is 1.22 bits per heavy atom. The zero-order chi connectivity index (χ0) is 19.2. The summed E-state index contributed by atoms with van der Waals surface area (Å²) in [6.07, 6.45) is 1.94. The number of aromatic nitrogens is 1. The van der Waals surface area contributed by atoms with Crippen molar-refractivity contribution in [1.82, 2.24) is 15.8 Å². The molecule has 0 saturated carbocycles. The van der Waals surface area contributed by atoms with Gasteiger partial charge in [0.05, 0.1) is 18.0 Å². The summed E-state index contributed by atoms with van der Waals surface area (Å²) < 4.78 is 41.8. The van der Waals surface area contributed by atoms with E-state index < -0.39 is 15.7 Å². The van der Waals surface area contributed by atoms with Crippen LogP contribution < -0.4 is 10.6 Å².